The summed E-state index contributed by atoms with van der Waals surface area (Å²) in [5.74, 6) is 1.47. The number of phenols is 1. The highest BCUT2D eigenvalue weighted by atomic mass is 16.5. The number of hydrogen-bond acceptors (Lipinski definition) is 5. The van der Waals surface area contributed by atoms with Crippen LogP contribution in [-0.2, 0) is 19.6 Å². The molecule has 0 fully saturated rings. The molecule has 0 radical (unpaired) electrons. The summed E-state index contributed by atoms with van der Waals surface area (Å²) in [6, 6.07) is 19.5. The predicted molar refractivity (Wildman–Crippen MR) is 105 cm³/mol. The third-order valence-electron chi connectivity index (χ3n) is 4.33. The van der Waals surface area contributed by atoms with E-state index in [1.165, 1.54) is 5.56 Å². The Kier molecular flexibility index (Phi) is 6.28. The Balaban J connectivity index is 1.79. The van der Waals surface area contributed by atoms with Gasteiger partial charge in [-0.1, -0.05) is 24.3 Å². The van der Waals surface area contributed by atoms with Crippen LogP contribution in [0.25, 0.3) is 0 Å². The lowest BCUT2D eigenvalue weighted by molar-refractivity contribution is 0.244. The quantitative estimate of drug-likeness (QED) is 0.655. The van der Waals surface area contributed by atoms with Gasteiger partial charge >= 0.3 is 0 Å². The molecule has 1 aromatic heterocycles. The van der Waals surface area contributed by atoms with Crippen LogP contribution < -0.4 is 9.47 Å². The zero-order valence-electron chi connectivity index (χ0n) is 15.6. The lowest BCUT2D eigenvalue weighted by atomic mass is 10.1. The van der Waals surface area contributed by atoms with Crippen molar-refractivity contribution < 1.29 is 14.6 Å². The van der Waals surface area contributed by atoms with E-state index in [1.807, 2.05) is 36.4 Å². The average molecular weight is 364 g/mol. The van der Waals surface area contributed by atoms with E-state index >= 15 is 0 Å². The first-order valence-corrected chi connectivity index (χ1v) is 8.79. The minimum Gasteiger partial charge on any atom is -0.504 e. The van der Waals surface area contributed by atoms with Crippen molar-refractivity contribution in [2.45, 2.75) is 19.6 Å². The molecular formula is C22H24N2O3. The number of nitrogens with zero attached hydrogens (tertiary/aromatic N) is 2. The van der Waals surface area contributed by atoms with Crippen molar-refractivity contribution in [3.63, 3.8) is 0 Å². The van der Waals surface area contributed by atoms with Crippen molar-refractivity contribution in [2.75, 3.05) is 14.2 Å². The van der Waals surface area contributed by atoms with E-state index in [1.54, 1.807) is 32.5 Å². The van der Waals surface area contributed by atoms with Crippen LogP contribution >= 0.6 is 0 Å². The van der Waals surface area contributed by atoms with E-state index in [-0.39, 0.29) is 5.75 Å². The Morgan fingerprint density at radius 3 is 2.22 bits per heavy atom. The standard InChI is InChI=1S/C22H24N2O3/c1-26-20-9-6-17(7-10-20)14-24(16-19-5-3-4-12-23-19)15-18-8-11-22(27-2)21(25)13-18/h3-13,25H,14-16H2,1-2H3. The normalized spacial score (nSPS) is 10.8. The third-order valence-corrected chi connectivity index (χ3v) is 4.33. The molecule has 5 heteroatoms. The molecule has 1 heterocycles. The SMILES string of the molecule is COc1ccc(CN(Cc2ccc(OC)c(O)c2)Cc2ccccn2)cc1. The fraction of sp³-hybridized carbons (Fsp3) is 0.227. The van der Waals surface area contributed by atoms with Gasteiger partial charge in [0.1, 0.15) is 5.75 Å². The van der Waals surface area contributed by atoms with Crippen LogP contribution in [0, 0.1) is 0 Å². The highest BCUT2D eigenvalue weighted by Gasteiger charge is 2.11. The number of aromatic nitrogens is 1. The van der Waals surface area contributed by atoms with E-state index in [9.17, 15) is 5.11 Å². The van der Waals surface area contributed by atoms with E-state index in [4.69, 9.17) is 9.47 Å². The zero-order valence-corrected chi connectivity index (χ0v) is 15.6. The van der Waals surface area contributed by atoms with E-state index in [0.29, 0.717) is 18.8 Å². The Morgan fingerprint density at radius 2 is 1.59 bits per heavy atom. The number of phenolic OH excluding ortho intramolecular Hbond substituents is 1. The van der Waals surface area contributed by atoms with E-state index in [2.05, 4.69) is 22.0 Å². The van der Waals surface area contributed by atoms with Crippen molar-refractivity contribution in [1.29, 1.82) is 0 Å². The summed E-state index contributed by atoms with van der Waals surface area (Å²) in [7, 11) is 3.21. The number of methoxy groups -OCH3 is 2. The molecule has 0 aliphatic carbocycles. The molecular weight excluding hydrogens is 340 g/mol. The van der Waals surface area contributed by atoms with Crippen molar-refractivity contribution in [1.82, 2.24) is 9.88 Å². The first-order chi connectivity index (χ1) is 13.2. The summed E-state index contributed by atoms with van der Waals surface area (Å²) in [5.41, 5.74) is 3.20. The maximum absolute atomic E-state index is 10.1. The van der Waals surface area contributed by atoms with Gasteiger partial charge in [0.05, 0.1) is 19.9 Å². The Hall–Kier alpha value is -3.05. The van der Waals surface area contributed by atoms with Gasteiger partial charge in [0.25, 0.3) is 0 Å². The molecule has 0 saturated carbocycles. The summed E-state index contributed by atoms with van der Waals surface area (Å²) in [5, 5.41) is 10.1. The molecule has 0 amide bonds. The monoisotopic (exact) mass is 364 g/mol. The van der Waals surface area contributed by atoms with Gasteiger partial charge in [0.15, 0.2) is 11.5 Å². The number of hydrogen-bond donors (Lipinski definition) is 1. The van der Waals surface area contributed by atoms with E-state index in [0.717, 1.165) is 23.6 Å². The molecule has 0 aliphatic rings. The maximum atomic E-state index is 10.1. The van der Waals surface area contributed by atoms with Crippen molar-refractivity contribution >= 4 is 0 Å². The maximum Gasteiger partial charge on any atom is 0.160 e. The number of benzene rings is 2. The lowest BCUT2D eigenvalue weighted by Gasteiger charge is -2.22. The first-order valence-electron chi connectivity index (χ1n) is 8.79. The highest BCUT2D eigenvalue weighted by molar-refractivity contribution is 5.41. The van der Waals surface area contributed by atoms with Gasteiger partial charge in [-0.25, -0.2) is 0 Å². The van der Waals surface area contributed by atoms with Crippen LogP contribution in [0.3, 0.4) is 0 Å². The minimum absolute atomic E-state index is 0.150. The van der Waals surface area contributed by atoms with Gasteiger partial charge in [-0.05, 0) is 47.5 Å². The largest absolute Gasteiger partial charge is 0.504 e. The van der Waals surface area contributed by atoms with Gasteiger partial charge in [-0.15, -0.1) is 0 Å². The third kappa shape index (κ3) is 5.21. The molecule has 140 valence electrons. The minimum atomic E-state index is 0.150. The molecule has 0 saturated heterocycles. The summed E-state index contributed by atoms with van der Waals surface area (Å²) in [4.78, 5) is 6.73. The Morgan fingerprint density at radius 1 is 0.852 bits per heavy atom. The molecule has 0 bridgehead atoms. The van der Waals surface area contributed by atoms with Crippen LogP contribution in [0.2, 0.25) is 0 Å². The van der Waals surface area contributed by atoms with Crippen molar-refractivity contribution in [3.8, 4) is 17.2 Å². The molecule has 5 nitrogen and oxygen atoms in total. The number of ether oxygens (including phenoxy) is 2. The number of rotatable bonds is 8. The molecule has 27 heavy (non-hydrogen) atoms. The molecule has 0 unspecified atom stereocenters. The van der Waals surface area contributed by atoms with Crippen molar-refractivity contribution in [2.24, 2.45) is 0 Å². The van der Waals surface area contributed by atoms with Crippen LogP contribution in [0.4, 0.5) is 0 Å². The Bertz CT molecular complexity index is 851. The molecule has 3 aromatic rings. The Labute approximate surface area is 159 Å². The predicted octanol–water partition coefficient (Wildman–Crippen LogP) is 4.01. The van der Waals surface area contributed by atoms with Crippen LogP contribution in [0.5, 0.6) is 17.2 Å². The van der Waals surface area contributed by atoms with Crippen molar-refractivity contribution in [3.05, 3.63) is 83.7 Å². The summed E-state index contributed by atoms with van der Waals surface area (Å²) < 4.78 is 10.4. The van der Waals surface area contributed by atoms with Gasteiger partial charge in [0, 0.05) is 25.8 Å². The number of aromatic hydroxyl groups is 1. The smallest absolute Gasteiger partial charge is 0.160 e. The second-order valence-corrected chi connectivity index (χ2v) is 6.32. The van der Waals surface area contributed by atoms with Crippen LogP contribution in [0.15, 0.2) is 66.9 Å². The van der Waals surface area contributed by atoms with Gasteiger partial charge < -0.3 is 14.6 Å². The summed E-state index contributed by atoms with van der Waals surface area (Å²) in [6.07, 6.45) is 1.81. The lowest BCUT2D eigenvalue weighted by Crippen LogP contribution is -2.23. The zero-order chi connectivity index (χ0) is 19.1. The van der Waals surface area contributed by atoms with Crippen LogP contribution in [-0.4, -0.2) is 29.2 Å². The number of pyridine rings is 1. The summed E-state index contributed by atoms with van der Waals surface area (Å²) >= 11 is 0. The average Bonchev–Trinajstić information content (AvgIpc) is 2.69. The first kappa shape index (κ1) is 18.7. The molecule has 2 aromatic carbocycles. The van der Waals surface area contributed by atoms with E-state index < -0.39 is 0 Å². The topological polar surface area (TPSA) is 54.8 Å². The molecule has 0 spiro atoms. The molecule has 3 rings (SSSR count). The van der Waals surface area contributed by atoms with Gasteiger partial charge in [0.2, 0.25) is 0 Å². The molecule has 1 N–H and O–H groups in total. The second kappa shape index (κ2) is 9.05. The highest BCUT2D eigenvalue weighted by Crippen LogP contribution is 2.27. The second-order valence-electron chi connectivity index (χ2n) is 6.32. The van der Waals surface area contributed by atoms with Gasteiger partial charge in [-0.3, -0.25) is 9.88 Å². The van der Waals surface area contributed by atoms with Gasteiger partial charge in [-0.2, -0.15) is 0 Å². The fourth-order valence-corrected chi connectivity index (χ4v) is 2.97. The fourth-order valence-electron chi connectivity index (χ4n) is 2.97. The summed E-state index contributed by atoms with van der Waals surface area (Å²) in [6.45, 7) is 2.15. The van der Waals surface area contributed by atoms with Crippen LogP contribution in [0.1, 0.15) is 16.8 Å². The molecule has 0 atom stereocenters. The molecule has 0 aliphatic heterocycles.